The summed E-state index contributed by atoms with van der Waals surface area (Å²) < 4.78 is 0. The van der Waals surface area contributed by atoms with Gasteiger partial charge >= 0.3 is 0 Å². The van der Waals surface area contributed by atoms with Gasteiger partial charge in [0.15, 0.2) is 11.5 Å². The maximum atomic E-state index is 10.1. The Morgan fingerprint density at radius 3 is 0.891 bits per heavy atom. The zero-order chi connectivity index (χ0) is 43.1. The summed E-state index contributed by atoms with van der Waals surface area (Å²) in [7, 11) is 0. The number of hydrogen-bond donors (Lipinski definition) is 2. The molecule has 11 rings (SSSR count). The molecular formula is C54H37N5O4Ru. The second-order valence-corrected chi connectivity index (χ2v) is 14.5. The Morgan fingerprint density at radius 2 is 0.641 bits per heavy atom. The fraction of sp³-hybridized carbons (Fsp3) is 0. The fourth-order valence-corrected chi connectivity index (χ4v) is 7.76. The minimum absolute atomic E-state index is 0. The second kappa shape index (κ2) is 19.2. The smallest absolute Gasteiger partial charge is 0.273 e. The maximum Gasteiger partial charge on any atom is 0.273 e. The molecule has 0 aliphatic rings. The minimum atomic E-state index is -0.654. The van der Waals surface area contributed by atoms with Crippen LogP contribution in [-0.2, 0) is 19.5 Å². The standard InChI is InChI=1S/2C24H16N2.C6H5NO4.Ru/c2*1-3-7-17(8-4-1)19-13-15-25-23-21(19)11-12-22-20(14-16-26-24(22)23)18-9-5-2-6-10-18;8-5-2-1-4(7(10)11)3-6(5)9;/h2*1-16H;1-3,8-9H;. The van der Waals surface area contributed by atoms with Crippen molar-refractivity contribution in [1.82, 2.24) is 19.9 Å². The quantitative estimate of drug-likeness (QED) is 0.0573. The fourth-order valence-electron chi connectivity index (χ4n) is 7.76. The summed E-state index contributed by atoms with van der Waals surface area (Å²) in [6.07, 6.45) is 7.50. The molecule has 10 heteroatoms. The molecule has 64 heavy (non-hydrogen) atoms. The van der Waals surface area contributed by atoms with Gasteiger partial charge in [-0.3, -0.25) is 30.1 Å². The molecule has 0 amide bonds. The predicted molar refractivity (Wildman–Crippen MR) is 252 cm³/mol. The Kier molecular flexibility index (Phi) is 12.8. The first kappa shape index (κ1) is 42.5. The first-order valence-electron chi connectivity index (χ1n) is 20.2. The van der Waals surface area contributed by atoms with Gasteiger partial charge in [-0.05, 0) is 74.8 Å². The van der Waals surface area contributed by atoms with Gasteiger partial charge in [0.2, 0.25) is 0 Å². The van der Waals surface area contributed by atoms with Crippen molar-refractivity contribution in [2.24, 2.45) is 0 Å². The molecule has 2 N–H and O–H groups in total. The SMILES string of the molecule is O=[N+]([O-])c1ccc(O)c(O)c1.[Ru].c1ccc(-c2ccnc3c2ccc2c(-c4ccccc4)ccnc23)cc1.c1ccc(-c2ccnc3c2ccc2c(-c4ccccc4)ccnc23)cc1. The molecule has 0 atom stereocenters. The van der Waals surface area contributed by atoms with Crippen LogP contribution in [0.1, 0.15) is 0 Å². The number of aromatic hydroxyl groups is 2. The van der Waals surface area contributed by atoms with Crippen molar-refractivity contribution in [3.8, 4) is 56.0 Å². The first-order chi connectivity index (χ1) is 30.9. The van der Waals surface area contributed by atoms with E-state index >= 15 is 0 Å². The number of phenolic OH excluding ortho intramolecular Hbond substituents is 2. The van der Waals surface area contributed by atoms with Gasteiger partial charge in [0.25, 0.3) is 5.69 Å². The van der Waals surface area contributed by atoms with Crippen molar-refractivity contribution in [2.45, 2.75) is 0 Å². The largest absolute Gasteiger partial charge is 0.504 e. The summed E-state index contributed by atoms with van der Waals surface area (Å²) in [5, 5.41) is 32.1. The van der Waals surface area contributed by atoms with Crippen LogP contribution >= 0.6 is 0 Å². The van der Waals surface area contributed by atoms with Crippen LogP contribution < -0.4 is 0 Å². The van der Waals surface area contributed by atoms with Gasteiger partial charge in [-0.1, -0.05) is 146 Å². The molecule has 7 aromatic carbocycles. The third kappa shape index (κ3) is 8.77. The van der Waals surface area contributed by atoms with E-state index in [0.717, 1.165) is 61.8 Å². The summed E-state index contributed by atoms with van der Waals surface area (Å²) >= 11 is 0. The van der Waals surface area contributed by atoms with Crippen molar-refractivity contribution in [3.63, 3.8) is 0 Å². The summed E-state index contributed by atoms with van der Waals surface area (Å²) in [6, 6.07) is 61.7. The van der Waals surface area contributed by atoms with Gasteiger partial charge in [0.1, 0.15) is 0 Å². The average Bonchev–Trinajstić information content (AvgIpc) is 3.35. The number of pyridine rings is 4. The molecule has 0 unspecified atom stereocenters. The van der Waals surface area contributed by atoms with E-state index in [-0.39, 0.29) is 30.9 Å². The Hall–Kier alpha value is -8.20. The van der Waals surface area contributed by atoms with Crippen molar-refractivity contribution >= 4 is 49.3 Å². The van der Waals surface area contributed by atoms with Crippen LogP contribution in [-0.4, -0.2) is 35.1 Å². The van der Waals surface area contributed by atoms with E-state index in [0.29, 0.717) is 0 Å². The van der Waals surface area contributed by atoms with Crippen molar-refractivity contribution in [1.29, 1.82) is 0 Å². The normalized spacial score (nSPS) is 10.6. The Bertz CT molecular complexity index is 3000. The number of nitrogens with zero attached hydrogens (tertiary/aromatic N) is 5. The van der Waals surface area contributed by atoms with Gasteiger partial charge in [0, 0.05) is 71.9 Å². The zero-order valence-corrected chi connectivity index (χ0v) is 35.7. The summed E-state index contributed by atoms with van der Waals surface area (Å²) in [5.74, 6) is -0.852. The molecule has 9 nitrogen and oxygen atoms in total. The van der Waals surface area contributed by atoms with E-state index in [4.69, 9.17) is 10.2 Å². The molecule has 0 aliphatic carbocycles. The molecule has 310 valence electrons. The van der Waals surface area contributed by atoms with Crippen molar-refractivity contribution in [2.75, 3.05) is 0 Å². The molecule has 0 bridgehead atoms. The Balaban J connectivity index is 0.000000141. The number of non-ortho nitro benzene ring substituents is 1. The van der Waals surface area contributed by atoms with Crippen LogP contribution in [0.2, 0.25) is 0 Å². The minimum Gasteiger partial charge on any atom is -0.504 e. The van der Waals surface area contributed by atoms with E-state index < -0.39 is 10.7 Å². The average molecular weight is 921 g/mol. The third-order valence-corrected chi connectivity index (χ3v) is 10.8. The molecule has 4 heterocycles. The van der Waals surface area contributed by atoms with Crippen LogP contribution in [0.3, 0.4) is 0 Å². The monoisotopic (exact) mass is 921 g/mol. The van der Waals surface area contributed by atoms with Gasteiger partial charge in [-0.15, -0.1) is 0 Å². The number of nitro groups is 1. The van der Waals surface area contributed by atoms with Gasteiger partial charge in [-0.2, -0.15) is 0 Å². The van der Waals surface area contributed by atoms with Crippen LogP contribution in [0, 0.1) is 10.1 Å². The number of nitro benzene ring substituents is 1. The number of hydrogen-bond acceptors (Lipinski definition) is 8. The van der Waals surface area contributed by atoms with Crippen LogP contribution in [0.15, 0.2) is 213 Å². The summed E-state index contributed by atoms with van der Waals surface area (Å²) in [5.41, 5.74) is 13.0. The Labute approximate surface area is 381 Å². The topological polar surface area (TPSA) is 135 Å². The number of phenols is 2. The molecule has 0 aliphatic heterocycles. The summed E-state index contributed by atoms with van der Waals surface area (Å²) in [6.45, 7) is 0. The van der Waals surface area contributed by atoms with Gasteiger partial charge in [0.05, 0.1) is 33.1 Å². The van der Waals surface area contributed by atoms with Gasteiger partial charge in [-0.25, -0.2) is 0 Å². The number of fused-ring (bicyclic) bond motifs is 6. The van der Waals surface area contributed by atoms with Crippen LogP contribution in [0.25, 0.3) is 88.1 Å². The van der Waals surface area contributed by atoms with E-state index in [1.807, 2.05) is 49.1 Å². The predicted octanol–water partition coefficient (Wildman–Crippen LogP) is 13.2. The molecule has 0 spiro atoms. The van der Waals surface area contributed by atoms with E-state index in [9.17, 15) is 10.1 Å². The second-order valence-electron chi connectivity index (χ2n) is 14.5. The van der Waals surface area contributed by atoms with Gasteiger partial charge < -0.3 is 10.2 Å². The van der Waals surface area contributed by atoms with Crippen LogP contribution in [0.4, 0.5) is 5.69 Å². The summed E-state index contributed by atoms with van der Waals surface area (Å²) in [4.78, 5) is 28.1. The number of rotatable bonds is 5. The first-order valence-corrected chi connectivity index (χ1v) is 20.2. The third-order valence-electron chi connectivity index (χ3n) is 10.8. The number of benzene rings is 7. The zero-order valence-electron chi connectivity index (χ0n) is 34.0. The maximum absolute atomic E-state index is 10.1. The Morgan fingerprint density at radius 1 is 0.359 bits per heavy atom. The van der Waals surface area contributed by atoms with Crippen molar-refractivity contribution in [3.05, 3.63) is 223 Å². The van der Waals surface area contributed by atoms with Crippen molar-refractivity contribution < 1.29 is 34.6 Å². The van der Waals surface area contributed by atoms with Crippen LogP contribution in [0.5, 0.6) is 11.5 Å². The molecular weight excluding hydrogens is 884 g/mol. The van der Waals surface area contributed by atoms with E-state index in [2.05, 4.69) is 166 Å². The molecule has 0 radical (unpaired) electrons. The van der Waals surface area contributed by atoms with E-state index in [1.165, 1.54) is 44.5 Å². The molecule has 0 saturated heterocycles. The molecule has 11 aromatic rings. The number of aromatic nitrogens is 4. The molecule has 4 aromatic heterocycles. The molecule has 0 fully saturated rings. The molecule has 0 saturated carbocycles. The van der Waals surface area contributed by atoms with E-state index in [1.54, 1.807) is 0 Å².